The predicted octanol–water partition coefficient (Wildman–Crippen LogP) is 1.73. The van der Waals surface area contributed by atoms with Crippen LogP contribution in [0.25, 0.3) is 0 Å². The van der Waals surface area contributed by atoms with E-state index in [1.165, 1.54) is 24.9 Å². The summed E-state index contributed by atoms with van der Waals surface area (Å²) in [7, 11) is -3.04. The number of sulfonamides is 1. The van der Waals surface area contributed by atoms with Gasteiger partial charge in [0.15, 0.2) is 5.96 Å². The fourth-order valence-corrected chi connectivity index (χ4v) is 4.96. The maximum atomic E-state index is 11.5. The molecule has 2 saturated heterocycles. The van der Waals surface area contributed by atoms with Crippen LogP contribution in [0.15, 0.2) is 4.99 Å². The highest BCUT2D eigenvalue weighted by molar-refractivity contribution is 14.0. The van der Waals surface area contributed by atoms with Crippen LogP contribution in [0.5, 0.6) is 0 Å². The summed E-state index contributed by atoms with van der Waals surface area (Å²) in [6.45, 7) is 4.97. The van der Waals surface area contributed by atoms with Crippen LogP contribution < -0.4 is 10.6 Å². The second kappa shape index (κ2) is 11.1. The van der Waals surface area contributed by atoms with E-state index in [1.807, 2.05) is 11.8 Å². The minimum Gasteiger partial charge on any atom is -0.357 e. The van der Waals surface area contributed by atoms with Crippen molar-refractivity contribution in [2.75, 3.05) is 43.9 Å². The number of hydrogen-bond donors (Lipinski definition) is 2. The van der Waals surface area contributed by atoms with E-state index in [4.69, 9.17) is 4.99 Å². The fraction of sp³-hybridized carbons (Fsp3) is 0.933. The van der Waals surface area contributed by atoms with Gasteiger partial charge in [0, 0.05) is 38.0 Å². The SMILES string of the molecule is CCNC(=NCC1CCN(S(C)(=O)=O)CC1)NC1CCCSC1.I. The zero-order valence-corrected chi connectivity index (χ0v) is 18.6. The number of rotatable bonds is 5. The third kappa shape index (κ3) is 7.65. The highest BCUT2D eigenvalue weighted by atomic mass is 127. The zero-order valence-electron chi connectivity index (χ0n) is 14.7. The van der Waals surface area contributed by atoms with Crippen LogP contribution in [0, 0.1) is 5.92 Å². The van der Waals surface area contributed by atoms with Crippen molar-refractivity contribution in [2.24, 2.45) is 10.9 Å². The molecule has 1 atom stereocenters. The molecule has 2 fully saturated rings. The predicted molar refractivity (Wildman–Crippen MR) is 114 cm³/mol. The molecule has 142 valence electrons. The van der Waals surface area contributed by atoms with Gasteiger partial charge in [-0.05, 0) is 44.3 Å². The minimum atomic E-state index is -3.04. The Labute approximate surface area is 168 Å². The maximum absolute atomic E-state index is 11.5. The molecule has 6 nitrogen and oxygen atoms in total. The highest BCUT2D eigenvalue weighted by Gasteiger charge is 2.24. The van der Waals surface area contributed by atoms with Gasteiger partial charge >= 0.3 is 0 Å². The first-order valence-corrected chi connectivity index (χ1v) is 11.6. The van der Waals surface area contributed by atoms with Gasteiger partial charge in [-0.2, -0.15) is 11.8 Å². The summed E-state index contributed by atoms with van der Waals surface area (Å²) in [4.78, 5) is 4.74. The molecule has 0 aromatic carbocycles. The second-order valence-electron chi connectivity index (χ2n) is 6.38. The van der Waals surface area contributed by atoms with Crippen molar-refractivity contribution in [2.45, 2.75) is 38.6 Å². The van der Waals surface area contributed by atoms with E-state index in [2.05, 4.69) is 17.6 Å². The zero-order chi connectivity index (χ0) is 16.7. The van der Waals surface area contributed by atoms with Gasteiger partial charge in [0.2, 0.25) is 10.0 Å². The average molecular weight is 490 g/mol. The molecular formula is C15H31IN4O2S2. The van der Waals surface area contributed by atoms with E-state index in [-0.39, 0.29) is 24.0 Å². The molecular weight excluding hydrogens is 459 g/mol. The van der Waals surface area contributed by atoms with Gasteiger partial charge in [-0.25, -0.2) is 12.7 Å². The van der Waals surface area contributed by atoms with E-state index in [0.717, 1.165) is 37.6 Å². The molecule has 2 rings (SSSR count). The Morgan fingerprint density at radius 3 is 2.54 bits per heavy atom. The van der Waals surface area contributed by atoms with Crippen LogP contribution in [0.4, 0.5) is 0 Å². The Bertz CT molecular complexity index is 488. The Balaban J connectivity index is 0.00000288. The lowest BCUT2D eigenvalue weighted by Crippen LogP contribution is -2.46. The van der Waals surface area contributed by atoms with Crippen molar-refractivity contribution in [3.05, 3.63) is 0 Å². The Kier molecular flexibility index (Phi) is 10.3. The summed E-state index contributed by atoms with van der Waals surface area (Å²) in [5.74, 6) is 3.80. The lowest BCUT2D eigenvalue weighted by Gasteiger charge is -2.29. The molecule has 0 amide bonds. The van der Waals surface area contributed by atoms with Crippen molar-refractivity contribution < 1.29 is 8.42 Å². The largest absolute Gasteiger partial charge is 0.357 e. The van der Waals surface area contributed by atoms with Gasteiger partial charge in [-0.3, -0.25) is 4.99 Å². The molecule has 2 heterocycles. The summed E-state index contributed by atoms with van der Waals surface area (Å²) in [6, 6.07) is 0.513. The number of halogens is 1. The van der Waals surface area contributed by atoms with E-state index in [1.54, 1.807) is 4.31 Å². The maximum Gasteiger partial charge on any atom is 0.211 e. The second-order valence-corrected chi connectivity index (χ2v) is 9.52. The molecule has 24 heavy (non-hydrogen) atoms. The number of hydrogen-bond acceptors (Lipinski definition) is 4. The van der Waals surface area contributed by atoms with Crippen molar-refractivity contribution in [3.8, 4) is 0 Å². The number of nitrogens with zero attached hydrogens (tertiary/aromatic N) is 2. The first-order valence-electron chi connectivity index (χ1n) is 8.56. The highest BCUT2D eigenvalue weighted by Crippen LogP contribution is 2.20. The number of piperidine rings is 1. The van der Waals surface area contributed by atoms with E-state index in [0.29, 0.717) is 25.0 Å². The summed E-state index contributed by atoms with van der Waals surface area (Å²) >= 11 is 2.00. The molecule has 9 heteroatoms. The first kappa shape index (κ1) is 22.3. The van der Waals surface area contributed by atoms with Crippen LogP contribution in [-0.2, 0) is 10.0 Å². The molecule has 0 aromatic rings. The van der Waals surface area contributed by atoms with Gasteiger partial charge in [0.25, 0.3) is 0 Å². The Hall–Kier alpha value is 0.260. The van der Waals surface area contributed by atoms with E-state index in [9.17, 15) is 8.42 Å². The summed E-state index contributed by atoms with van der Waals surface area (Å²) in [5.41, 5.74) is 0. The van der Waals surface area contributed by atoms with Gasteiger partial charge in [-0.1, -0.05) is 0 Å². The molecule has 2 aliphatic heterocycles. The van der Waals surface area contributed by atoms with E-state index < -0.39 is 10.0 Å². The third-order valence-corrected chi connectivity index (χ3v) is 6.91. The Morgan fingerprint density at radius 2 is 2.00 bits per heavy atom. The normalized spacial score (nSPS) is 24.2. The average Bonchev–Trinajstić information content (AvgIpc) is 2.53. The minimum absolute atomic E-state index is 0. The smallest absolute Gasteiger partial charge is 0.211 e. The van der Waals surface area contributed by atoms with Gasteiger partial charge in [0.1, 0.15) is 0 Å². The van der Waals surface area contributed by atoms with Crippen molar-refractivity contribution in [1.82, 2.24) is 14.9 Å². The van der Waals surface area contributed by atoms with Crippen LogP contribution in [0.3, 0.4) is 0 Å². The van der Waals surface area contributed by atoms with Crippen molar-refractivity contribution in [3.63, 3.8) is 0 Å². The monoisotopic (exact) mass is 490 g/mol. The third-order valence-electron chi connectivity index (χ3n) is 4.40. The molecule has 1 unspecified atom stereocenters. The number of nitrogens with one attached hydrogen (secondary N) is 2. The van der Waals surface area contributed by atoms with Gasteiger partial charge in [-0.15, -0.1) is 24.0 Å². The lowest BCUT2D eigenvalue weighted by atomic mass is 9.98. The molecule has 0 spiro atoms. The lowest BCUT2D eigenvalue weighted by molar-refractivity contribution is 0.280. The molecule has 2 N–H and O–H groups in total. The molecule has 0 radical (unpaired) electrons. The van der Waals surface area contributed by atoms with Crippen LogP contribution in [0.1, 0.15) is 32.6 Å². The number of thioether (sulfide) groups is 1. The van der Waals surface area contributed by atoms with Crippen LogP contribution >= 0.6 is 35.7 Å². The van der Waals surface area contributed by atoms with Crippen LogP contribution in [0.2, 0.25) is 0 Å². The molecule has 2 aliphatic rings. The fourth-order valence-electron chi connectivity index (χ4n) is 3.01. The first-order chi connectivity index (χ1) is 11.0. The molecule has 0 bridgehead atoms. The molecule has 0 aromatic heterocycles. The summed E-state index contributed by atoms with van der Waals surface area (Å²) in [6.07, 6.45) is 5.57. The van der Waals surface area contributed by atoms with E-state index >= 15 is 0 Å². The van der Waals surface area contributed by atoms with Crippen LogP contribution in [-0.4, -0.2) is 68.7 Å². The topological polar surface area (TPSA) is 73.8 Å². The van der Waals surface area contributed by atoms with Gasteiger partial charge in [0.05, 0.1) is 6.26 Å². The number of guanidine groups is 1. The molecule has 0 saturated carbocycles. The summed E-state index contributed by atoms with van der Waals surface area (Å²) < 4.78 is 24.7. The summed E-state index contributed by atoms with van der Waals surface area (Å²) in [5, 5.41) is 6.87. The standard InChI is InChI=1S/C15H30N4O2S2.HI/c1-3-16-15(18-14-5-4-10-22-12-14)17-11-13-6-8-19(9-7-13)23(2,20)21;/h13-14H,3-12H2,1-2H3,(H2,16,17,18);1H. The quantitative estimate of drug-likeness (QED) is 0.349. The van der Waals surface area contributed by atoms with Gasteiger partial charge < -0.3 is 10.6 Å². The van der Waals surface area contributed by atoms with Crippen molar-refractivity contribution >= 4 is 51.7 Å². The van der Waals surface area contributed by atoms with Crippen molar-refractivity contribution in [1.29, 1.82) is 0 Å². The molecule has 0 aliphatic carbocycles. The number of aliphatic imine (C=N–C) groups is 1. The Morgan fingerprint density at radius 1 is 1.29 bits per heavy atom.